The molecule has 39 heteroatoms. The van der Waals surface area contributed by atoms with Gasteiger partial charge in [-0.2, -0.15) is 0 Å². The molecule has 2 aromatic heterocycles. The van der Waals surface area contributed by atoms with E-state index in [-0.39, 0.29) is 66.7 Å². The van der Waals surface area contributed by atoms with Crippen LogP contribution in [0.4, 0.5) is 0 Å². The molecule has 0 amide bonds. The summed E-state index contributed by atoms with van der Waals surface area (Å²) in [4.78, 5) is 130. The van der Waals surface area contributed by atoms with Crippen LogP contribution in [0, 0.1) is 13.8 Å². The topological polar surface area (TPSA) is 446 Å². The lowest BCUT2D eigenvalue weighted by Crippen LogP contribution is -2.09. The Kier molecular flexibility index (Phi) is 36.4. The molecule has 6 N–H and O–H groups in total. The minimum atomic E-state index is -4.60. The molecule has 0 saturated heterocycles. The first-order chi connectivity index (χ1) is 65.0. The van der Waals surface area contributed by atoms with Gasteiger partial charge in [0.25, 0.3) is 0 Å². The highest BCUT2D eigenvalue weighted by atomic mass is 32.1. The monoisotopic (exact) mass is 1990 g/mol. The highest BCUT2D eigenvalue weighted by Crippen LogP contribution is 2.51. The van der Waals surface area contributed by atoms with E-state index in [0.29, 0.717) is 11.1 Å². The summed E-state index contributed by atoms with van der Waals surface area (Å²) >= 11 is 2.38. The summed E-state index contributed by atoms with van der Waals surface area (Å²) in [5.41, 5.74) is 4.48. The molecule has 16 rings (SSSR count). The molecule has 31 nitrogen and oxygen atoms in total. The number of para-hydroxylation sites is 6. The van der Waals surface area contributed by atoms with Crippen LogP contribution in [-0.4, -0.2) is 72.3 Å². The van der Waals surface area contributed by atoms with E-state index in [1.807, 2.05) is 109 Å². The number of methoxy groups -OCH3 is 1. The second-order valence-corrected chi connectivity index (χ2v) is 37.7. The van der Waals surface area contributed by atoms with Crippen LogP contribution in [0.1, 0.15) is 67.1 Å². The quantitative estimate of drug-likeness (QED) is 0.0206. The smallest absolute Gasteiger partial charge is 0.496 e. The van der Waals surface area contributed by atoms with E-state index in [1.165, 1.54) is 121 Å². The molecule has 16 aromatic rings. The molecule has 696 valence electrons. The van der Waals surface area contributed by atoms with Crippen LogP contribution >= 0.6 is 69.6 Å². The van der Waals surface area contributed by atoms with Gasteiger partial charge in [-0.25, -0.2) is 56.2 Å². The average Bonchev–Trinajstić information content (AvgIpc) is 1.71. The van der Waals surface area contributed by atoms with Crippen molar-refractivity contribution in [3.63, 3.8) is 0 Å². The molecule has 0 aliphatic heterocycles. The predicted molar refractivity (Wildman–Crippen MR) is 512 cm³/mol. The molecule has 14 aromatic carbocycles. The van der Waals surface area contributed by atoms with Crippen molar-refractivity contribution in [2.45, 2.75) is 13.8 Å². The standard InChI is InChI=1S/C19H13O5PS.C19H15O5P.C15H11O5PS.C15H15O5P.C15H13O5P.C14H13O6P/c20-19(18-12-15-7-3-4-8-17(15)26-18)24-25(21,22)23-16-10-9-13-5-1-2-6-14(13)11-16;20-19(24-25(21,22)23-18-9-5-2-6-10-18)17-13-11-16(12-14-17)15-7-3-1-4-8-15;16-15(14-10-11-6-4-5-9-13(11)22-14)20-21(17,18)19-12-7-2-1-3-8-12;1-11-7-6-8-12(2)14(11)15(16)20-21(17,18)19-13-9-4-3-5-10-13;16-15(12-11-13-7-3-1-4-8-13)20-21(17,18)19-14-9-5-2-6-10-14;1-18-13-10-6-5-9-12(13)14(15)20-21(16,17)19-11-7-3-2-4-8-11/h1-12H,(H,21,22);1-14H,(H,21,22);1-10H,(H,17,18);3-10H,1-2H3,(H,17,18);1-12H,(H,17,18);2-10H,1H3,(H,16,17)/b;;;;12-11+;. The van der Waals surface area contributed by atoms with Crippen LogP contribution in [0.25, 0.3) is 48.1 Å². The molecule has 0 aliphatic rings. The number of phosphoric acid groups is 6. The van der Waals surface area contributed by atoms with Crippen molar-refractivity contribution in [1.29, 1.82) is 0 Å². The van der Waals surface area contributed by atoms with Gasteiger partial charge in [0.1, 0.15) is 55.6 Å². The van der Waals surface area contributed by atoms with Crippen molar-refractivity contribution >= 4 is 142 Å². The van der Waals surface area contributed by atoms with E-state index >= 15 is 0 Å². The molecule has 2 heterocycles. The fourth-order valence-corrected chi connectivity index (χ4v) is 18.1. The van der Waals surface area contributed by atoms with Crippen molar-refractivity contribution in [2.24, 2.45) is 0 Å². The fraction of sp³-hybridized carbons (Fsp3) is 0.0309. The number of fused-ring (bicyclic) bond motifs is 3. The van der Waals surface area contributed by atoms with Gasteiger partial charge >= 0.3 is 82.8 Å². The van der Waals surface area contributed by atoms with Crippen molar-refractivity contribution in [1.82, 2.24) is 0 Å². The fourth-order valence-electron chi connectivity index (χ4n) is 11.7. The zero-order valence-corrected chi connectivity index (χ0v) is 78.4. The lowest BCUT2D eigenvalue weighted by molar-refractivity contribution is -0.130. The third-order valence-corrected chi connectivity index (χ3v) is 24.9. The summed E-state index contributed by atoms with van der Waals surface area (Å²) in [6, 6.07) is 107. The SMILES string of the molecule is COc1ccccc1C(=O)OP(=O)(O)Oc1ccccc1.Cc1cccc(C)c1C(=O)OP(=O)(O)Oc1ccccc1.O=C(/C=C/c1ccccc1)OP(=O)(O)Oc1ccccc1.O=C(OP(=O)(O)Oc1ccc2ccccc2c1)c1cc2ccccc2s1.O=C(OP(=O)(O)Oc1ccccc1)c1cc2ccccc2s1.O=C(OP(=O)(O)Oc1ccccc1)c1ccc(-c2ccccc2)cc1. The van der Waals surface area contributed by atoms with Gasteiger partial charge < -0.3 is 59.0 Å². The van der Waals surface area contributed by atoms with Crippen LogP contribution in [0.2, 0.25) is 0 Å². The maximum Gasteiger partial charge on any atom is 0.587 e. The van der Waals surface area contributed by atoms with E-state index in [2.05, 4.69) is 22.6 Å². The van der Waals surface area contributed by atoms with Crippen LogP contribution in [0.15, 0.2) is 388 Å². The number of rotatable bonds is 27. The Morgan fingerprint density at radius 3 is 1.01 bits per heavy atom. The first-order valence-corrected chi connectivity index (χ1v) is 50.5. The number of phosphoric ester groups is 6. The molecular weight excluding hydrogens is 1910 g/mol. The minimum absolute atomic E-state index is 0.0333. The van der Waals surface area contributed by atoms with E-state index in [0.717, 1.165) is 53.7 Å². The van der Waals surface area contributed by atoms with Crippen LogP contribution in [0.5, 0.6) is 40.2 Å². The van der Waals surface area contributed by atoms with Gasteiger partial charge in [0.2, 0.25) is 0 Å². The van der Waals surface area contributed by atoms with Gasteiger partial charge in [0, 0.05) is 15.5 Å². The molecule has 0 fully saturated rings. The maximum atomic E-state index is 12.2. The lowest BCUT2D eigenvalue weighted by atomic mass is 10.0. The number of carbonyl (C=O) groups excluding carboxylic acids is 6. The maximum absolute atomic E-state index is 12.2. The van der Waals surface area contributed by atoms with Crippen molar-refractivity contribution < 1.29 is 145 Å². The van der Waals surface area contributed by atoms with Gasteiger partial charge in [-0.05, 0) is 191 Å². The second kappa shape index (κ2) is 48.5. The van der Waals surface area contributed by atoms with Gasteiger partial charge in [0.05, 0.1) is 18.2 Å². The van der Waals surface area contributed by atoms with Gasteiger partial charge in [0.15, 0.2) is 0 Å². The molecule has 0 bridgehead atoms. The first kappa shape index (κ1) is 102. The number of carbonyl (C=O) groups is 6. The molecule has 6 unspecified atom stereocenters. The number of hydrogen-bond donors (Lipinski definition) is 6. The normalized spacial score (nSPS) is 13.3. The number of benzene rings is 14. The molecule has 136 heavy (non-hydrogen) atoms. The summed E-state index contributed by atoms with van der Waals surface area (Å²) in [6.45, 7) is 3.45. The van der Waals surface area contributed by atoms with Gasteiger partial charge in [-0.3, -0.25) is 29.4 Å². The molecule has 0 spiro atoms. The highest BCUT2D eigenvalue weighted by Gasteiger charge is 2.35. The third-order valence-electron chi connectivity index (χ3n) is 17.7. The largest absolute Gasteiger partial charge is 0.587 e. The lowest BCUT2D eigenvalue weighted by Gasteiger charge is -2.14. The Hall–Kier alpha value is -14.4. The van der Waals surface area contributed by atoms with Gasteiger partial charge in [-0.15, -0.1) is 22.7 Å². The number of aryl methyl sites for hydroxylation is 2. The number of ether oxygens (including phenoxy) is 1. The third kappa shape index (κ3) is 33.0. The number of thiophene rings is 2. The zero-order valence-electron chi connectivity index (χ0n) is 71.4. The summed E-state index contributed by atoms with van der Waals surface area (Å²) in [5.74, 6) is -4.46. The molecule has 0 aliphatic carbocycles. The van der Waals surface area contributed by atoms with Crippen molar-refractivity contribution in [2.75, 3.05) is 7.11 Å². The van der Waals surface area contributed by atoms with Gasteiger partial charge in [-0.1, -0.05) is 261 Å². The Labute approximate surface area is 785 Å². The minimum Gasteiger partial charge on any atom is -0.496 e. The molecule has 0 saturated carbocycles. The molecule has 6 atom stereocenters. The predicted octanol–water partition coefficient (Wildman–Crippen LogP) is 24.4. The average molecular weight is 1990 g/mol. The summed E-state index contributed by atoms with van der Waals surface area (Å²) in [5, 5.41) is 3.56. The number of hydrogen-bond acceptors (Lipinski definition) is 27. The Morgan fingerprint density at radius 2 is 0.603 bits per heavy atom. The van der Waals surface area contributed by atoms with Crippen LogP contribution in [-0.2, 0) is 59.3 Å². The van der Waals surface area contributed by atoms with Crippen molar-refractivity contribution in [3.8, 4) is 51.4 Å². The van der Waals surface area contributed by atoms with E-state index in [4.69, 9.17) is 36.4 Å². The summed E-state index contributed by atoms with van der Waals surface area (Å²) in [7, 11) is -25.9. The van der Waals surface area contributed by atoms with Crippen LogP contribution in [0.3, 0.4) is 0 Å². The first-order valence-electron chi connectivity index (χ1n) is 39.9. The Balaban J connectivity index is 0.000000157. The highest BCUT2D eigenvalue weighted by molar-refractivity contribution is 7.50. The summed E-state index contributed by atoms with van der Waals surface area (Å²) in [6.07, 6.45) is 2.54. The second-order valence-electron chi connectivity index (χ2n) is 27.7. The van der Waals surface area contributed by atoms with Crippen LogP contribution < -0.4 is 31.9 Å². The summed E-state index contributed by atoms with van der Waals surface area (Å²) < 4.78 is 135. The van der Waals surface area contributed by atoms with E-state index in [1.54, 1.807) is 202 Å². The Morgan fingerprint density at radius 1 is 0.279 bits per heavy atom. The zero-order chi connectivity index (χ0) is 97.3. The molecule has 0 radical (unpaired) electrons. The van der Waals surface area contributed by atoms with E-state index in [9.17, 15) is 85.5 Å². The van der Waals surface area contributed by atoms with E-state index < -0.39 is 82.8 Å². The van der Waals surface area contributed by atoms with Crippen molar-refractivity contribution in [3.05, 3.63) is 431 Å². The molecular formula is C97H80O31P6S2. The Bertz CT molecular complexity index is 7040.